The lowest BCUT2D eigenvalue weighted by Gasteiger charge is -2.41. The Balaban J connectivity index is 1.58. The minimum Gasteiger partial charge on any atom is -0.207 e. The normalized spacial score (nSPS) is 28.0. The SMILES string of the molecule is CC=CCCc1ccc2cc(C3CCC4CC(C)CCC4C3)c(F)cc2c1F. The molecule has 2 aromatic rings. The van der Waals surface area contributed by atoms with Crippen molar-refractivity contribution in [1.82, 2.24) is 0 Å². The highest BCUT2D eigenvalue weighted by molar-refractivity contribution is 5.85. The van der Waals surface area contributed by atoms with Crippen molar-refractivity contribution >= 4 is 10.8 Å². The van der Waals surface area contributed by atoms with E-state index in [0.717, 1.165) is 48.0 Å². The first kappa shape index (κ1) is 19.6. The van der Waals surface area contributed by atoms with E-state index in [9.17, 15) is 4.39 Å². The molecule has 150 valence electrons. The van der Waals surface area contributed by atoms with Crippen LogP contribution in [0.15, 0.2) is 36.4 Å². The molecule has 0 aliphatic heterocycles. The number of benzene rings is 2. The second kappa shape index (κ2) is 8.35. The van der Waals surface area contributed by atoms with Gasteiger partial charge in [0.1, 0.15) is 11.6 Å². The molecule has 4 unspecified atom stereocenters. The molecule has 0 bridgehead atoms. The van der Waals surface area contributed by atoms with Crippen molar-refractivity contribution in [3.63, 3.8) is 0 Å². The van der Waals surface area contributed by atoms with E-state index in [4.69, 9.17) is 0 Å². The van der Waals surface area contributed by atoms with Crippen LogP contribution >= 0.6 is 0 Å². The molecule has 2 aliphatic carbocycles. The Hall–Kier alpha value is -1.70. The predicted octanol–water partition coefficient (Wildman–Crippen LogP) is 7.95. The van der Waals surface area contributed by atoms with Gasteiger partial charge in [-0.2, -0.15) is 0 Å². The first-order chi connectivity index (χ1) is 13.6. The van der Waals surface area contributed by atoms with Gasteiger partial charge in [-0.25, -0.2) is 8.78 Å². The van der Waals surface area contributed by atoms with Crippen molar-refractivity contribution in [2.45, 2.75) is 71.1 Å². The molecular weight excluding hydrogens is 350 g/mol. The molecule has 0 aromatic heterocycles. The average molecular weight is 383 g/mol. The maximum Gasteiger partial charge on any atom is 0.134 e. The largest absolute Gasteiger partial charge is 0.207 e. The van der Waals surface area contributed by atoms with Gasteiger partial charge < -0.3 is 0 Å². The molecule has 2 saturated carbocycles. The molecule has 0 spiro atoms. The van der Waals surface area contributed by atoms with Crippen LogP contribution in [0.3, 0.4) is 0 Å². The Kier molecular flexibility index (Phi) is 5.85. The van der Waals surface area contributed by atoms with Gasteiger partial charge >= 0.3 is 0 Å². The zero-order valence-corrected chi connectivity index (χ0v) is 17.2. The van der Waals surface area contributed by atoms with Crippen LogP contribution < -0.4 is 0 Å². The molecule has 2 aliphatic rings. The average Bonchev–Trinajstić information content (AvgIpc) is 2.69. The lowest BCUT2D eigenvalue weighted by atomic mass is 9.64. The fraction of sp³-hybridized carbons (Fsp3) is 0.538. The number of halogens is 2. The molecule has 0 amide bonds. The van der Waals surface area contributed by atoms with Crippen LogP contribution in [0, 0.1) is 29.4 Å². The standard InChI is InChI=1S/C26H32F2/c1-3-4-5-6-18-9-11-22-15-23(25(27)16-24(22)26(18)28)21-12-10-19-13-17(2)7-8-20(19)14-21/h3-4,9,11,15-17,19-21H,5-8,10,12-14H2,1-2H3. The van der Waals surface area contributed by atoms with Crippen LogP contribution in [0.5, 0.6) is 0 Å². The molecule has 0 N–H and O–H groups in total. The van der Waals surface area contributed by atoms with Gasteiger partial charge in [-0.05, 0) is 104 Å². The maximum atomic E-state index is 15.0. The summed E-state index contributed by atoms with van der Waals surface area (Å²) in [5.74, 6) is 2.25. The Morgan fingerprint density at radius 3 is 2.61 bits per heavy atom. The van der Waals surface area contributed by atoms with Crippen molar-refractivity contribution in [3.05, 3.63) is 59.2 Å². The number of fused-ring (bicyclic) bond motifs is 2. The molecular formula is C26H32F2. The maximum absolute atomic E-state index is 15.0. The minimum atomic E-state index is -0.252. The van der Waals surface area contributed by atoms with Crippen LogP contribution in [-0.4, -0.2) is 0 Å². The molecule has 2 fully saturated rings. The molecule has 0 radical (unpaired) electrons. The van der Waals surface area contributed by atoms with Gasteiger partial charge in [0.15, 0.2) is 0 Å². The first-order valence-electron chi connectivity index (χ1n) is 11.1. The van der Waals surface area contributed by atoms with E-state index in [1.807, 2.05) is 37.3 Å². The van der Waals surface area contributed by atoms with E-state index in [1.165, 1.54) is 31.7 Å². The number of aryl methyl sites for hydroxylation is 1. The highest BCUT2D eigenvalue weighted by atomic mass is 19.1. The molecule has 2 heteroatoms. The molecule has 4 rings (SSSR count). The monoisotopic (exact) mass is 382 g/mol. The molecule has 0 nitrogen and oxygen atoms in total. The smallest absolute Gasteiger partial charge is 0.134 e. The van der Waals surface area contributed by atoms with E-state index in [0.29, 0.717) is 17.4 Å². The van der Waals surface area contributed by atoms with Crippen molar-refractivity contribution < 1.29 is 8.78 Å². The number of allylic oxidation sites excluding steroid dienone is 2. The molecule has 0 heterocycles. The van der Waals surface area contributed by atoms with E-state index >= 15 is 4.39 Å². The Labute approximate surface area is 168 Å². The zero-order valence-electron chi connectivity index (χ0n) is 17.2. The quantitative estimate of drug-likeness (QED) is 0.471. The number of rotatable bonds is 4. The van der Waals surface area contributed by atoms with Crippen molar-refractivity contribution in [3.8, 4) is 0 Å². The summed E-state index contributed by atoms with van der Waals surface area (Å²) in [4.78, 5) is 0. The Morgan fingerprint density at radius 1 is 1.00 bits per heavy atom. The van der Waals surface area contributed by atoms with Gasteiger partial charge in [-0.15, -0.1) is 0 Å². The third-order valence-electron chi connectivity index (χ3n) is 7.28. The summed E-state index contributed by atoms with van der Waals surface area (Å²) in [7, 11) is 0. The molecule has 2 aromatic carbocycles. The van der Waals surface area contributed by atoms with Gasteiger partial charge in [-0.3, -0.25) is 0 Å². The zero-order chi connectivity index (χ0) is 19.7. The van der Waals surface area contributed by atoms with Gasteiger partial charge in [-0.1, -0.05) is 37.6 Å². The van der Waals surface area contributed by atoms with Gasteiger partial charge in [0, 0.05) is 5.39 Å². The summed E-state index contributed by atoms with van der Waals surface area (Å²) in [6.07, 6.45) is 12.8. The summed E-state index contributed by atoms with van der Waals surface area (Å²) < 4.78 is 29.9. The van der Waals surface area contributed by atoms with Crippen LogP contribution in [0.2, 0.25) is 0 Å². The minimum absolute atomic E-state index is 0.218. The topological polar surface area (TPSA) is 0 Å². The van der Waals surface area contributed by atoms with E-state index in [-0.39, 0.29) is 17.6 Å². The van der Waals surface area contributed by atoms with Crippen molar-refractivity contribution in [2.24, 2.45) is 17.8 Å². The van der Waals surface area contributed by atoms with Crippen LogP contribution in [0.25, 0.3) is 10.8 Å². The summed E-state index contributed by atoms with van der Waals surface area (Å²) >= 11 is 0. The fourth-order valence-electron chi connectivity index (χ4n) is 5.69. The Bertz CT molecular complexity index is 866. The van der Waals surface area contributed by atoms with Crippen LogP contribution in [0.1, 0.15) is 75.8 Å². The highest BCUT2D eigenvalue weighted by Crippen LogP contribution is 2.48. The summed E-state index contributed by atoms with van der Waals surface area (Å²) in [6, 6.07) is 7.23. The van der Waals surface area contributed by atoms with E-state index in [1.54, 1.807) is 0 Å². The van der Waals surface area contributed by atoms with Crippen molar-refractivity contribution in [1.29, 1.82) is 0 Å². The number of hydrogen-bond acceptors (Lipinski definition) is 0. The lowest BCUT2D eigenvalue weighted by molar-refractivity contribution is 0.124. The molecule has 0 saturated heterocycles. The summed E-state index contributed by atoms with van der Waals surface area (Å²) in [6.45, 7) is 4.33. The number of hydrogen-bond donors (Lipinski definition) is 0. The summed E-state index contributed by atoms with van der Waals surface area (Å²) in [5.41, 5.74) is 1.49. The highest BCUT2D eigenvalue weighted by Gasteiger charge is 2.35. The van der Waals surface area contributed by atoms with Crippen molar-refractivity contribution in [2.75, 3.05) is 0 Å². The van der Waals surface area contributed by atoms with Gasteiger partial charge in [0.2, 0.25) is 0 Å². The third-order valence-corrected chi connectivity index (χ3v) is 7.28. The fourth-order valence-corrected chi connectivity index (χ4v) is 5.69. The first-order valence-corrected chi connectivity index (χ1v) is 11.1. The van der Waals surface area contributed by atoms with Gasteiger partial charge in [0.25, 0.3) is 0 Å². The summed E-state index contributed by atoms with van der Waals surface area (Å²) in [5, 5.41) is 1.27. The molecule has 4 atom stereocenters. The molecule has 28 heavy (non-hydrogen) atoms. The second-order valence-electron chi connectivity index (χ2n) is 9.19. The predicted molar refractivity (Wildman–Crippen MR) is 114 cm³/mol. The van der Waals surface area contributed by atoms with Crippen LogP contribution in [0.4, 0.5) is 8.78 Å². The lowest BCUT2D eigenvalue weighted by Crippen LogP contribution is -2.29. The van der Waals surface area contributed by atoms with Gasteiger partial charge in [0.05, 0.1) is 0 Å². The van der Waals surface area contributed by atoms with E-state index < -0.39 is 0 Å². The van der Waals surface area contributed by atoms with Crippen LogP contribution in [-0.2, 0) is 6.42 Å². The third kappa shape index (κ3) is 3.88. The Morgan fingerprint density at radius 2 is 1.79 bits per heavy atom. The second-order valence-corrected chi connectivity index (χ2v) is 9.19. The van der Waals surface area contributed by atoms with E-state index in [2.05, 4.69) is 6.92 Å².